The number of halogens is 2. The van der Waals surface area contributed by atoms with Crippen molar-refractivity contribution in [3.63, 3.8) is 0 Å². The highest BCUT2D eigenvalue weighted by Crippen LogP contribution is 2.63. The molecule has 0 unspecified atom stereocenters. The number of benzene rings is 2. The average molecular weight is 756 g/mol. The molecule has 0 amide bonds. The summed E-state index contributed by atoms with van der Waals surface area (Å²) in [6.07, 6.45) is 7.79. The first-order chi connectivity index (χ1) is 25.4. The number of hydrogen-bond acceptors (Lipinski definition) is 8. The Labute approximate surface area is 316 Å². The molecule has 2 saturated carbocycles. The molecular formula is C40H40Cl2N6O5. The zero-order valence-corrected chi connectivity index (χ0v) is 31.4. The largest absolute Gasteiger partial charge is 0.481 e. The van der Waals surface area contributed by atoms with Crippen LogP contribution >= 0.6 is 23.2 Å². The lowest BCUT2D eigenvalue weighted by molar-refractivity contribution is -0.148. The van der Waals surface area contributed by atoms with Crippen molar-refractivity contribution in [1.29, 1.82) is 0 Å². The number of aromatic nitrogens is 4. The number of aryl methyl sites for hydroxylation is 1. The maximum atomic E-state index is 13.2. The maximum Gasteiger partial charge on any atom is 0.330 e. The summed E-state index contributed by atoms with van der Waals surface area (Å²) in [6.45, 7) is 2.57. The number of carboxylic acids is 1. The zero-order chi connectivity index (χ0) is 37.2. The molecule has 13 heteroatoms. The summed E-state index contributed by atoms with van der Waals surface area (Å²) in [6, 6.07) is 15.0. The first-order valence-corrected chi connectivity index (χ1v) is 18.6. The van der Waals surface area contributed by atoms with E-state index in [1.54, 1.807) is 26.3 Å². The average Bonchev–Trinajstić information content (AvgIpc) is 3.74. The van der Waals surface area contributed by atoms with Gasteiger partial charge in [0.15, 0.2) is 0 Å². The topological polar surface area (TPSA) is 132 Å². The van der Waals surface area contributed by atoms with Crippen LogP contribution in [0, 0.1) is 10.8 Å². The van der Waals surface area contributed by atoms with Gasteiger partial charge in [-0.3, -0.25) is 23.6 Å². The molecule has 0 atom stereocenters. The molecule has 3 aliphatic rings. The van der Waals surface area contributed by atoms with E-state index in [1.165, 1.54) is 17.8 Å². The second-order valence-electron chi connectivity index (χ2n) is 14.9. The van der Waals surface area contributed by atoms with Crippen LogP contribution in [0.4, 0.5) is 11.5 Å². The van der Waals surface area contributed by atoms with Gasteiger partial charge in [0.1, 0.15) is 11.2 Å². The van der Waals surface area contributed by atoms with Crippen LogP contribution in [0.3, 0.4) is 0 Å². The van der Waals surface area contributed by atoms with Gasteiger partial charge >= 0.3 is 11.7 Å². The number of fused-ring (bicyclic) bond motifs is 4. The Morgan fingerprint density at radius 1 is 0.981 bits per heavy atom. The van der Waals surface area contributed by atoms with Crippen molar-refractivity contribution < 1.29 is 14.6 Å². The highest BCUT2D eigenvalue weighted by atomic mass is 35.5. The van der Waals surface area contributed by atoms with Crippen LogP contribution in [0.1, 0.15) is 49.7 Å². The fraction of sp³-hybridized carbons (Fsp3) is 0.375. The van der Waals surface area contributed by atoms with Crippen LogP contribution in [0.5, 0.6) is 5.88 Å². The van der Waals surface area contributed by atoms with Crippen molar-refractivity contribution in [1.82, 2.24) is 24.0 Å². The van der Waals surface area contributed by atoms with Crippen LogP contribution in [0.25, 0.3) is 33.3 Å². The third kappa shape index (κ3) is 5.89. The van der Waals surface area contributed by atoms with E-state index in [4.69, 9.17) is 32.9 Å². The standard InChI is InChI=1S/C40H40Cl2N6O5/c1-46-30-10-17-43-34(31(30)36(49)47(2)38(46)52)44-28-9-5-7-26(33(28)42)25-6-4-8-27(32(25)41)29-20-23-21-48(18-11-24(23)35(45-29)53-3)19-16-39-12-14-40(22-39,15-13-39)37(50)51/h4-10,17,20H,11-16,18-19,21-22H2,1-3H3,(H,43,44)(H,50,51). The van der Waals surface area contributed by atoms with Crippen molar-refractivity contribution in [2.75, 3.05) is 25.5 Å². The van der Waals surface area contributed by atoms with Gasteiger partial charge in [0.2, 0.25) is 5.88 Å². The van der Waals surface area contributed by atoms with Gasteiger partial charge in [-0.2, -0.15) is 0 Å². The number of aliphatic carboxylic acids is 1. The summed E-state index contributed by atoms with van der Waals surface area (Å²) in [5, 5.41) is 14.2. The zero-order valence-electron chi connectivity index (χ0n) is 29.8. The van der Waals surface area contributed by atoms with Crippen molar-refractivity contribution in [3.8, 4) is 28.3 Å². The molecule has 2 aliphatic carbocycles. The van der Waals surface area contributed by atoms with Gasteiger partial charge < -0.3 is 15.2 Å². The molecule has 2 bridgehead atoms. The Kier molecular flexibility index (Phi) is 8.86. The van der Waals surface area contributed by atoms with Crippen molar-refractivity contribution in [2.45, 2.75) is 51.5 Å². The van der Waals surface area contributed by atoms with E-state index >= 15 is 0 Å². The van der Waals surface area contributed by atoms with Gasteiger partial charge in [0, 0.05) is 55.6 Å². The quantitative estimate of drug-likeness (QED) is 0.160. The molecule has 8 rings (SSSR count). The van der Waals surface area contributed by atoms with Gasteiger partial charge in [0.05, 0.1) is 39.5 Å². The third-order valence-corrected chi connectivity index (χ3v) is 12.9. The summed E-state index contributed by atoms with van der Waals surface area (Å²) >= 11 is 14.3. The fourth-order valence-electron chi connectivity index (χ4n) is 8.97. The molecule has 2 N–H and O–H groups in total. The second-order valence-corrected chi connectivity index (χ2v) is 15.7. The van der Waals surface area contributed by atoms with Gasteiger partial charge in [0.25, 0.3) is 5.56 Å². The number of carbonyl (C=O) groups is 1. The molecule has 2 fully saturated rings. The van der Waals surface area contributed by atoms with Crippen LogP contribution in [-0.4, -0.2) is 55.3 Å². The first kappa shape index (κ1) is 35.3. The summed E-state index contributed by atoms with van der Waals surface area (Å²) < 4.78 is 8.28. The third-order valence-electron chi connectivity index (χ3n) is 12.0. The van der Waals surface area contributed by atoms with E-state index in [-0.39, 0.29) is 16.6 Å². The number of carboxylic acid groups (broad SMARTS) is 1. The van der Waals surface area contributed by atoms with Crippen LogP contribution in [0.15, 0.2) is 64.3 Å². The van der Waals surface area contributed by atoms with Gasteiger partial charge in [-0.05, 0) is 80.7 Å². The molecule has 0 radical (unpaired) electrons. The number of nitrogens with zero attached hydrogens (tertiary/aromatic N) is 5. The number of ether oxygens (including phenoxy) is 1. The summed E-state index contributed by atoms with van der Waals surface area (Å²) in [7, 11) is 4.69. The Balaban J connectivity index is 1.08. The van der Waals surface area contributed by atoms with Gasteiger partial charge in [-0.1, -0.05) is 53.5 Å². The molecule has 0 spiro atoms. The highest BCUT2D eigenvalue weighted by molar-refractivity contribution is 6.39. The molecule has 53 heavy (non-hydrogen) atoms. The van der Waals surface area contributed by atoms with Gasteiger partial charge in [-0.15, -0.1) is 0 Å². The lowest BCUT2D eigenvalue weighted by Gasteiger charge is -2.33. The van der Waals surface area contributed by atoms with Crippen LogP contribution in [0.2, 0.25) is 10.0 Å². The normalized spacial score (nSPS) is 20.8. The number of anilines is 2. The lowest BCUT2D eigenvalue weighted by Crippen LogP contribution is -2.37. The van der Waals surface area contributed by atoms with E-state index in [1.807, 2.05) is 30.3 Å². The van der Waals surface area contributed by atoms with Crippen LogP contribution < -0.4 is 21.3 Å². The van der Waals surface area contributed by atoms with Crippen molar-refractivity contribution in [2.24, 2.45) is 24.9 Å². The van der Waals surface area contributed by atoms with Crippen molar-refractivity contribution in [3.05, 3.63) is 96.7 Å². The van der Waals surface area contributed by atoms with Crippen molar-refractivity contribution >= 4 is 51.6 Å². The predicted molar refractivity (Wildman–Crippen MR) is 206 cm³/mol. The SMILES string of the molecule is COc1nc(-c2cccc(-c3cccc(Nc4nccc5c4c(=O)n(C)c(=O)n5C)c3Cl)c2Cl)cc2c1CCN(CCC13CCC(C(=O)O)(CC1)C3)C2. The van der Waals surface area contributed by atoms with Crippen LogP contribution in [-0.2, 0) is 31.9 Å². The van der Waals surface area contributed by atoms with E-state index in [0.29, 0.717) is 44.0 Å². The highest BCUT2D eigenvalue weighted by Gasteiger charge is 2.57. The Bertz CT molecular complexity index is 2430. The van der Waals surface area contributed by atoms with Gasteiger partial charge in [-0.25, -0.2) is 14.8 Å². The molecule has 0 saturated heterocycles. The molecule has 11 nitrogen and oxygen atoms in total. The lowest BCUT2D eigenvalue weighted by atomic mass is 9.80. The molecule has 274 valence electrons. The van der Waals surface area contributed by atoms with E-state index < -0.39 is 22.6 Å². The second kappa shape index (κ2) is 13.3. The fourth-order valence-corrected chi connectivity index (χ4v) is 9.57. The predicted octanol–water partition coefficient (Wildman–Crippen LogP) is 7.20. The molecule has 3 aromatic heterocycles. The smallest absolute Gasteiger partial charge is 0.330 e. The summed E-state index contributed by atoms with van der Waals surface area (Å²) in [5.41, 5.74) is 4.74. The number of methoxy groups -OCH3 is 1. The van der Waals surface area contributed by atoms with E-state index in [0.717, 1.165) is 85.8 Å². The molecular weight excluding hydrogens is 715 g/mol. The molecule has 1 aliphatic heterocycles. The van der Waals surface area contributed by atoms with E-state index in [2.05, 4.69) is 21.3 Å². The minimum Gasteiger partial charge on any atom is -0.481 e. The van der Waals surface area contributed by atoms with E-state index in [9.17, 15) is 19.5 Å². The number of rotatable bonds is 9. The minimum atomic E-state index is -0.619. The molecule has 2 aromatic carbocycles. The number of hydrogen-bond donors (Lipinski definition) is 2. The molecule has 4 heterocycles. The molecule has 5 aromatic rings. The Morgan fingerprint density at radius 3 is 2.42 bits per heavy atom. The monoisotopic (exact) mass is 754 g/mol. The maximum absolute atomic E-state index is 13.2. The first-order valence-electron chi connectivity index (χ1n) is 17.9. The minimum absolute atomic E-state index is 0.143. The summed E-state index contributed by atoms with van der Waals surface area (Å²) in [4.78, 5) is 49.6. The summed E-state index contributed by atoms with van der Waals surface area (Å²) in [5.74, 6) is 0.244. The Hall–Kier alpha value is -4.71. The Morgan fingerprint density at radius 2 is 1.70 bits per heavy atom. The number of pyridine rings is 2. The number of nitrogens with one attached hydrogen (secondary N) is 1.